The second-order valence-electron chi connectivity index (χ2n) is 8.43. The van der Waals surface area contributed by atoms with Gasteiger partial charge in [0.05, 0.1) is 21.6 Å². The quantitative estimate of drug-likeness (QED) is 0.423. The zero-order valence-corrected chi connectivity index (χ0v) is 20.1. The minimum Gasteiger partial charge on any atom is -0.384 e. The number of fused-ring (bicyclic) bond motifs is 1. The van der Waals surface area contributed by atoms with Crippen LogP contribution in [0.15, 0.2) is 41.8 Å². The van der Waals surface area contributed by atoms with E-state index >= 15 is 0 Å². The van der Waals surface area contributed by atoms with Crippen LogP contribution in [0.5, 0.6) is 0 Å². The Labute approximate surface area is 195 Å². The van der Waals surface area contributed by atoms with Gasteiger partial charge in [0, 0.05) is 30.8 Å². The van der Waals surface area contributed by atoms with Crippen LogP contribution in [0.4, 0.5) is 5.69 Å². The van der Waals surface area contributed by atoms with Crippen molar-refractivity contribution in [1.82, 2.24) is 14.8 Å². The van der Waals surface area contributed by atoms with Crippen molar-refractivity contribution in [3.05, 3.63) is 47.3 Å². The number of nitrogens with zero attached hydrogens (tertiary/aromatic N) is 3. The van der Waals surface area contributed by atoms with E-state index in [2.05, 4.69) is 27.7 Å². The van der Waals surface area contributed by atoms with Gasteiger partial charge in [0.1, 0.15) is 0 Å². The Kier molecular flexibility index (Phi) is 7.76. The molecule has 1 amide bonds. The van der Waals surface area contributed by atoms with E-state index in [0.29, 0.717) is 13.1 Å². The first-order valence-corrected chi connectivity index (χ1v) is 12.8. The maximum absolute atomic E-state index is 12.8. The summed E-state index contributed by atoms with van der Waals surface area (Å²) in [6, 6.07) is 12.1. The SMILES string of the molecule is CCN(CC)C(=O)c1cccc(-c2cc(NCCCN3CCCCC3)c3sccc3n2)c1. The average molecular weight is 451 g/mol. The monoisotopic (exact) mass is 450 g/mol. The van der Waals surface area contributed by atoms with Crippen molar-refractivity contribution < 1.29 is 4.79 Å². The molecule has 0 atom stereocenters. The molecule has 32 heavy (non-hydrogen) atoms. The van der Waals surface area contributed by atoms with E-state index in [-0.39, 0.29) is 5.91 Å². The molecule has 2 aromatic heterocycles. The molecule has 0 unspecified atom stereocenters. The molecule has 0 aliphatic carbocycles. The third kappa shape index (κ3) is 5.30. The Morgan fingerprint density at radius 2 is 1.94 bits per heavy atom. The van der Waals surface area contributed by atoms with Crippen LogP contribution in [-0.4, -0.2) is 60.0 Å². The summed E-state index contributed by atoms with van der Waals surface area (Å²) in [6.07, 6.45) is 5.20. The largest absolute Gasteiger partial charge is 0.384 e. The number of carbonyl (C=O) groups excluding carboxylic acids is 1. The second-order valence-corrected chi connectivity index (χ2v) is 9.35. The van der Waals surface area contributed by atoms with E-state index in [1.54, 1.807) is 11.3 Å². The number of carbonyl (C=O) groups is 1. The van der Waals surface area contributed by atoms with Crippen molar-refractivity contribution in [2.24, 2.45) is 0 Å². The van der Waals surface area contributed by atoms with Gasteiger partial charge in [-0.1, -0.05) is 18.6 Å². The summed E-state index contributed by atoms with van der Waals surface area (Å²) in [6.45, 7) is 10.1. The highest BCUT2D eigenvalue weighted by atomic mass is 32.1. The highest BCUT2D eigenvalue weighted by Gasteiger charge is 2.15. The maximum atomic E-state index is 12.8. The lowest BCUT2D eigenvalue weighted by Crippen LogP contribution is -2.31. The third-order valence-electron chi connectivity index (χ3n) is 6.28. The number of benzene rings is 1. The number of nitrogens with one attached hydrogen (secondary N) is 1. The van der Waals surface area contributed by atoms with Crippen molar-refractivity contribution in [2.45, 2.75) is 39.5 Å². The lowest BCUT2D eigenvalue weighted by molar-refractivity contribution is 0.0773. The molecular weight excluding hydrogens is 416 g/mol. The molecule has 0 saturated carbocycles. The van der Waals surface area contributed by atoms with Gasteiger partial charge in [-0.05, 0) is 82.4 Å². The highest BCUT2D eigenvalue weighted by molar-refractivity contribution is 7.17. The first-order chi connectivity index (χ1) is 15.7. The predicted octanol–water partition coefficient (Wildman–Crippen LogP) is 5.73. The van der Waals surface area contributed by atoms with Crippen LogP contribution in [0.2, 0.25) is 0 Å². The summed E-state index contributed by atoms with van der Waals surface area (Å²) in [5, 5.41) is 5.76. The fourth-order valence-electron chi connectivity index (χ4n) is 4.45. The topological polar surface area (TPSA) is 48.5 Å². The van der Waals surface area contributed by atoms with Gasteiger partial charge in [0.25, 0.3) is 5.91 Å². The summed E-state index contributed by atoms with van der Waals surface area (Å²) >= 11 is 1.73. The molecule has 3 heterocycles. The smallest absolute Gasteiger partial charge is 0.253 e. The molecule has 1 N–H and O–H groups in total. The van der Waals surface area contributed by atoms with Gasteiger partial charge in [-0.3, -0.25) is 4.79 Å². The van der Waals surface area contributed by atoms with Crippen LogP contribution in [-0.2, 0) is 0 Å². The molecule has 1 fully saturated rings. The standard InChI is InChI=1S/C26H34N4OS/c1-3-30(4-2)26(31)21-11-8-10-20(18-21)23-19-24(25-22(28-23)12-17-32-25)27-13-9-16-29-14-6-5-7-15-29/h8,10-12,17-19H,3-7,9,13-16H2,1-2H3,(H,27,28). The zero-order valence-electron chi connectivity index (χ0n) is 19.3. The van der Waals surface area contributed by atoms with Crippen LogP contribution in [0.25, 0.3) is 21.5 Å². The second kappa shape index (κ2) is 10.9. The number of rotatable bonds is 9. The van der Waals surface area contributed by atoms with E-state index in [1.807, 2.05) is 43.0 Å². The van der Waals surface area contributed by atoms with Crippen molar-refractivity contribution in [1.29, 1.82) is 0 Å². The predicted molar refractivity (Wildman–Crippen MR) is 136 cm³/mol. The van der Waals surface area contributed by atoms with E-state index in [9.17, 15) is 4.79 Å². The number of aromatic nitrogens is 1. The minimum atomic E-state index is 0.0736. The number of anilines is 1. The molecule has 1 saturated heterocycles. The molecule has 1 aliphatic rings. The normalized spacial score (nSPS) is 14.6. The molecule has 0 radical (unpaired) electrons. The van der Waals surface area contributed by atoms with Gasteiger partial charge >= 0.3 is 0 Å². The summed E-state index contributed by atoms with van der Waals surface area (Å²) in [4.78, 5) is 22.2. The molecule has 0 bridgehead atoms. The summed E-state index contributed by atoms with van der Waals surface area (Å²) in [7, 11) is 0. The average Bonchev–Trinajstić information content (AvgIpc) is 3.32. The van der Waals surface area contributed by atoms with Gasteiger partial charge < -0.3 is 15.1 Å². The molecular formula is C26H34N4OS. The summed E-state index contributed by atoms with van der Waals surface area (Å²) < 4.78 is 1.20. The third-order valence-corrected chi connectivity index (χ3v) is 7.22. The Balaban J connectivity index is 1.51. The number of pyridine rings is 1. The lowest BCUT2D eigenvalue weighted by Gasteiger charge is -2.26. The highest BCUT2D eigenvalue weighted by Crippen LogP contribution is 2.32. The van der Waals surface area contributed by atoms with Crippen LogP contribution < -0.4 is 5.32 Å². The number of thiophene rings is 1. The van der Waals surface area contributed by atoms with E-state index in [4.69, 9.17) is 4.98 Å². The lowest BCUT2D eigenvalue weighted by atomic mass is 10.1. The van der Waals surface area contributed by atoms with Crippen molar-refractivity contribution in [2.75, 3.05) is 44.6 Å². The number of hydrogen-bond donors (Lipinski definition) is 1. The first kappa shape index (κ1) is 22.7. The van der Waals surface area contributed by atoms with Gasteiger partial charge in [-0.2, -0.15) is 0 Å². The van der Waals surface area contributed by atoms with E-state index < -0.39 is 0 Å². The Bertz CT molecular complexity index is 1040. The molecule has 1 aliphatic heterocycles. The van der Waals surface area contributed by atoms with Crippen LogP contribution >= 0.6 is 11.3 Å². The van der Waals surface area contributed by atoms with Gasteiger partial charge in [-0.25, -0.2) is 4.98 Å². The molecule has 170 valence electrons. The summed E-state index contributed by atoms with van der Waals surface area (Å²) in [5.74, 6) is 0.0736. The molecule has 3 aromatic rings. The fraction of sp³-hybridized carbons (Fsp3) is 0.462. The van der Waals surface area contributed by atoms with Crippen LogP contribution in [0.3, 0.4) is 0 Å². The van der Waals surface area contributed by atoms with Crippen molar-refractivity contribution >= 4 is 33.1 Å². The Morgan fingerprint density at radius 1 is 1.12 bits per heavy atom. The number of amides is 1. The Morgan fingerprint density at radius 3 is 2.72 bits per heavy atom. The molecule has 6 heteroatoms. The zero-order chi connectivity index (χ0) is 22.3. The number of piperidine rings is 1. The minimum absolute atomic E-state index is 0.0736. The maximum Gasteiger partial charge on any atom is 0.253 e. The fourth-order valence-corrected chi connectivity index (χ4v) is 5.27. The van der Waals surface area contributed by atoms with Crippen molar-refractivity contribution in [3.8, 4) is 11.3 Å². The molecule has 5 nitrogen and oxygen atoms in total. The molecule has 0 spiro atoms. The molecule has 1 aromatic carbocycles. The Hall–Kier alpha value is -2.44. The number of hydrogen-bond acceptors (Lipinski definition) is 5. The summed E-state index contributed by atoms with van der Waals surface area (Å²) in [5.41, 5.74) is 4.75. The van der Waals surface area contributed by atoms with Gasteiger partial charge in [-0.15, -0.1) is 11.3 Å². The van der Waals surface area contributed by atoms with Crippen LogP contribution in [0, 0.1) is 0 Å². The van der Waals surface area contributed by atoms with Gasteiger partial charge in [0.2, 0.25) is 0 Å². The van der Waals surface area contributed by atoms with Crippen molar-refractivity contribution in [3.63, 3.8) is 0 Å². The molecule has 4 rings (SSSR count). The van der Waals surface area contributed by atoms with Crippen LogP contribution in [0.1, 0.15) is 49.9 Å². The number of likely N-dealkylation sites (tertiary alicyclic amines) is 1. The van der Waals surface area contributed by atoms with E-state index in [1.165, 1.54) is 37.1 Å². The van der Waals surface area contributed by atoms with Gasteiger partial charge in [0.15, 0.2) is 0 Å². The first-order valence-electron chi connectivity index (χ1n) is 11.9. The van der Waals surface area contributed by atoms with E-state index in [0.717, 1.165) is 47.5 Å².